The van der Waals surface area contributed by atoms with E-state index in [-0.39, 0.29) is 18.4 Å². The van der Waals surface area contributed by atoms with Crippen molar-refractivity contribution in [2.24, 2.45) is 11.7 Å². The van der Waals surface area contributed by atoms with Gasteiger partial charge in [-0.25, -0.2) is 4.68 Å². The van der Waals surface area contributed by atoms with Crippen molar-refractivity contribution < 1.29 is 4.79 Å². The second kappa shape index (κ2) is 6.27. The average Bonchev–Trinajstić information content (AvgIpc) is 3.32. The number of aromatic nitrogens is 3. The van der Waals surface area contributed by atoms with Crippen LogP contribution < -0.4 is 11.1 Å². The van der Waals surface area contributed by atoms with E-state index >= 15 is 0 Å². The largest absolute Gasteiger partial charge is 0.351 e. The Morgan fingerprint density at radius 3 is 2.77 bits per heavy atom. The van der Waals surface area contributed by atoms with Crippen molar-refractivity contribution in [1.82, 2.24) is 20.3 Å². The summed E-state index contributed by atoms with van der Waals surface area (Å²) in [6.45, 7) is 2.42. The van der Waals surface area contributed by atoms with Crippen LogP contribution in [0.1, 0.15) is 24.2 Å². The van der Waals surface area contributed by atoms with Crippen LogP contribution in [0.15, 0.2) is 30.3 Å². The normalized spacial score (nSPS) is 15.5. The first-order chi connectivity index (χ1) is 10.7. The van der Waals surface area contributed by atoms with Crippen LogP contribution in [0.2, 0.25) is 0 Å². The molecule has 3 rings (SSSR count). The molecular formula is C16H21N5O. The van der Waals surface area contributed by atoms with Crippen molar-refractivity contribution in [1.29, 1.82) is 0 Å². The highest BCUT2D eigenvalue weighted by atomic mass is 16.1. The molecule has 0 radical (unpaired) electrons. The smallest absolute Gasteiger partial charge is 0.226 e. The van der Waals surface area contributed by atoms with E-state index < -0.39 is 0 Å². The lowest BCUT2D eigenvalue weighted by molar-refractivity contribution is -0.121. The molecule has 116 valence electrons. The molecule has 22 heavy (non-hydrogen) atoms. The number of hydrogen-bond donors (Lipinski definition) is 2. The molecule has 0 aliphatic heterocycles. The Labute approximate surface area is 129 Å². The van der Waals surface area contributed by atoms with Gasteiger partial charge >= 0.3 is 0 Å². The monoisotopic (exact) mass is 299 g/mol. The summed E-state index contributed by atoms with van der Waals surface area (Å²) < 4.78 is 1.75. The van der Waals surface area contributed by atoms with Crippen molar-refractivity contribution >= 4 is 5.91 Å². The van der Waals surface area contributed by atoms with E-state index in [1.165, 1.54) is 0 Å². The molecule has 3 N–H and O–H groups in total. The van der Waals surface area contributed by atoms with Crippen LogP contribution in [0.4, 0.5) is 0 Å². The molecule has 1 aliphatic carbocycles. The number of nitrogens with two attached hydrogens (primary N) is 1. The van der Waals surface area contributed by atoms with Crippen LogP contribution in [0.3, 0.4) is 0 Å². The second-order valence-electron chi connectivity index (χ2n) is 5.79. The molecular weight excluding hydrogens is 278 g/mol. The van der Waals surface area contributed by atoms with Gasteiger partial charge in [0.1, 0.15) is 0 Å². The molecule has 0 saturated heterocycles. The number of carbonyl (C=O) groups is 1. The quantitative estimate of drug-likeness (QED) is 0.832. The van der Waals surface area contributed by atoms with Gasteiger partial charge in [0.25, 0.3) is 0 Å². The van der Waals surface area contributed by atoms with Gasteiger partial charge in [0.15, 0.2) is 0 Å². The molecule has 1 aromatic heterocycles. The van der Waals surface area contributed by atoms with Crippen LogP contribution in [-0.4, -0.2) is 33.5 Å². The van der Waals surface area contributed by atoms with Gasteiger partial charge in [-0.2, -0.15) is 0 Å². The van der Waals surface area contributed by atoms with Crippen molar-refractivity contribution in [3.63, 3.8) is 0 Å². The third kappa shape index (κ3) is 3.17. The highest BCUT2D eigenvalue weighted by Gasteiger charge is 2.31. The summed E-state index contributed by atoms with van der Waals surface area (Å²) in [7, 11) is 0. The molecule has 1 fully saturated rings. The average molecular weight is 299 g/mol. The lowest BCUT2D eigenvalue weighted by Crippen LogP contribution is -2.42. The fraction of sp³-hybridized carbons (Fsp3) is 0.438. The van der Waals surface area contributed by atoms with E-state index in [9.17, 15) is 4.79 Å². The van der Waals surface area contributed by atoms with E-state index in [0.29, 0.717) is 18.2 Å². The zero-order valence-electron chi connectivity index (χ0n) is 12.7. The summed E-state index contributed by atoms with van der Waals surface area (Å²) in [5.41, 5.74) is 8.25. The molecule has 1 aliphatic rings. The van der Waals surface area contributed by atoms with Gasteiger partial charge in [0.2, 0.25) is 5.91 Å². The van der Waals surface area contributed by atoms with Gasteiger partial charge in [-0.1, -0.05) is 23.4 Å². The van der Waals surface area contributed by atoms with Crippen molar-refractivity contribution in [3.8, 4) is 5.69 Å². The molecule has 6 nitrogen and oxygen atoms in total. The van der Waals surface area contributed by atoms with Crippen LogP contribution >= 0.6 is 0 Å². The summed E-state index contributed by atoms with van der Waals surface area (Å²) >= 11 is 0. The molecule has 0 bridgehead atoms. The van der Waals surface area contributed by atoms with Gasteiger partial charge in [-0.05, 0) is 37.8 Å². The van der Waals surface area contributed by atoms with Gasteiger partial charge < -0.3 is 11.1 Å². The minimum atomic E-state index is -0.0365. The maximum atomic E-state index is 12.2. The van der Waals surface area contributed by atoms with E-state index in [1.54, 1.807) is 4.68 Å². The van der Waals surface area contributed by atoms with Crippen molar-refractivity contribution in [3.05, 3.63) is 41.7 Å². The Balaban J connectivity index is 1.68. The Hall–Kier alpha value is -2.21. The van der Waals surface area contributed by atoms with Crippen LogP contribution in [-0.2, 0) is 11.2 Å². The third-order valence-electron chi connectivity index (χ3n) is 4.11. The Kier molecular flexibility index (Phi) is 4.20. The molecule has 1 unspecified atom stereocenters. The molecule has 1 amide bonds. The van der Waals surface area contributed by atoms with Crippen LogP contribution in [0.5, 0.6) is 0 Å². The summed E-state index contributed by atoms with van der Waals surface area (Å²) in [6, 6.07) is 9.87. The molecule has 2 aromatic rings. The maximum absolute atomic E-state index is 12.2. The van der Waals surface area contributed by atoms with Crippen molar-refractivity contribution in [2.75, 3.05) is 6.54 Å². The minimum Gasteiger partial charge on any atom is -0.351 e. The molecule has 0 spiro atoms. The maximum Gasteiger partial charge on any atom is 0.226 e. The van der Waals surface area contributed by atoms with Gasteiger partial charge in [0.05, 0.1) is 23.5 Å². The molecule has 1 heterocycles. The predicted molar refractivity (Wildman–Crippen MR) is 83.5 cm³/mol. The SMILES string of the molecule is Cc1c(CC(=O)NC(CN)C2CC2)nnn1-c1ccccc1. The molecule has 1 aromatic carbocycles. The Morgan fingerprint density at radius 2 is 2.14 bits per heavy atom. The number of carbonyl (C=O) groups excluding carboxylic acids is 1. The number of nitrogens with one attached hydrogen (secondary N) is 1. The number of rotatable bonds is 6. The third-order valence-corrected chi connectivity index (χ3v) is 4.11. The zero-order valence-corrected chi connectivity index (χ0v) is 12.7. The second-order valence-corrected chi connectivity index (χ2v) is 5.79. The summed E-state index contributed by atoms with van der Waals surface area (Å²) in [5, 5.41) is 11.3. The first-order valence-electron chi connectivity index (χ1n) is 7.65. The first-order valence-corrected chi connectivity index (χ1v) is 7.65. The highest BCUT2D eigenvalue weighted by molar-refractivity contribution is 5.78. The van der Waals surface area contributed by atoms with E-state index in [0.717, 1.165) is 24.2 Å². The fourth-order valence-electron chi connectivity index (χ4n) is 2.62. The number of nitrogens with zero attached hydrogens (tertiary/aromatic N) is 3. The number of benzene rings is 1. The van der Waals surface area contributed by atoms with Crippen LogP contribution in [0, 0.1) is 12.8 Å². The van der Waals surface area contributed by atoms with Gasteiger partial charge in [0, 0.05) is 12.6 Å². The molecule has 6 heteroatoms. The number of amides is 1. The summed E-state index contributed by atoms with van der Waals surface area (Å²) in [6.07, 6.45) is 2.55. The number of para-hydroxylation sites is 1. The van der Waals surface area contributed by atoms with E-state index in [2.05, 4.69) is 15.6 Å². The molecule has 1 atom stereocenters. The minimum absolute atomic E-state index is 0.0365. The molecule has 1 saturated carbocycles. The zero-order chi connectivity index (χ0) is 15.5. The summed E-state index contributed by atoms with van der Waals surface area (Å²) in [4.78, 5) is 12.2. The topological polar surface area (TPSA) is 85.8 Å². The summed E-state index contributed by atoms with van der Waals surface area (Å²) in [5.74, 6) is 0.514. The predicted octanol–water partition coefficient (Wildman–Crippen LogP) is 0.972. The lowest BCUT2D eigenvalue weighted by Gasteiger charge is -2.15. The van der Waals surface area contributed by atoms with E-state index in [4.69, 9.17) is 5.73 Å². The lowest BCUT2D eigenvalue weighted by atomic mass is 10.1. The fourth-order valence-corrected chi connectivity index (χ4v) is 2.62. The van der Waals surface area contributed by atoms with Crippen molar-refractivity contribution in [2.45, 2.75) is 32.2 Å². The standard InChI is InChI=1S/C16H21N5O/c1-11-14(9-16(22)18-15(10-17)12-7-8-12)19-20-21(11)13-5-3-2-4-6-13/h2-6,12,15H,7-10,17H2,1H3,(H,18,22). The van der Waals surface area contributed by atoms with Crippen LogP contribution in [0.25, 0.3) is 5.69 Å². The van der Waals surface area contributed by atoms with Gasteiger partial charge in [-0.15, -0.1) is 5.10 Å². The number of hydrogen-bond acceptors (Lipinski definition) is 4. The highest BCUT2D eigenvalue weighted by Crippen LogP contribution is 2.32. The Bertz CT molecular complexity index is 648. The first kappa shape index (κ1) is 14.7. The van der Waals surface area contributed by atoms with E-state index in [1.807, 2.05) is 37.3 Å². The van der Waals surface area contributed by atoms with Gasteiger partial charge in [-0.3, -0.25) is 4.79 Å². The Morgan fingerprint density at radius 1 is 1.41 bits per heavy atom.